The van der Waals surface area contributed by atoms with Gasteiger partial charge in [0.05, 0.1) is 6.42 Å². The van der Waals surface area contributed by atoms with Gasteiger partial charge in [0.15, 0.2) is 0 Å². The minimum atomic E-state index is -0.634. The monoisotopic (exact) mass is 253 g/mol. The fourth-order valence-electron chi connectivity index (χ4n) is 4.14. The van der Waals surface area contributed by atoms with E-state index in [-0.39, 0.29) is 5.54 Å². The average molecular weight is 253 g/mol. The van der Waals surface area contributed by atoms with Gasteiger partial charge in [-0.3, -0.25) is 9.69 Å². The summed E-state index contributed by atoms with van der Waals surface area (Å²) < 4.78 is 5.44. The molecule has 3 fully saturated rings. The highest BCUT2D eigenvalue weighted by atomic mass is 16.5. The number of carboxylic acids is 1. The molecule has 2 saturated heterocycles. The first-order valence-electron chi connectivity index (χ1n) is 7.19. The predicted octanol–water partition coefficient (Wildman–Crippen LogP) is 1.89. The standard InChI is InChI=1S/C14H23NO3/c16-12(17)9-14(3-1-2-4-14)15-10-13(11-15)5-7-18-8-6-13/h1-11H2,(H,16,17). The molecule has 18 heavy (non-hydrogen) atoms. The smallest absolute Gasteiger partial charge is 0.305 e. The molecule has 1 N–H and O–H groups in total. The second kappa shape index (κ2) is 4.49. The summed E-state index contributed by atoms with van der Waals surface area (Å²) in [6.45, 7) is 3.98. The summed E-state index contributed by atoms with van der Waals surface area (Å²) in [5, 5.41) is 9.16. The second-order valence-electron chi connectivity index (χ2n) is 6.47. The molecule has 1 spiro atoms. The van der Waals surface area contributed by atoms with Crippen LogP contribution in [0.1, 0.15) is 44.9 Å². The van der Waals surface area contributed by atoms with E-state index < -0.39 is 5.97 Å². The number of carboxylic acid groups (broad SMARTS) is 1. The number of ether oxygens (including phenoxy) is 1. The first-order valence-corrected chi connectivity index (χ1v) is 7.19. The molecule has 4 nitrogen and oxygen atoms in total. The molecule has 0 atom stereocenters. The summed E-state index contributed by atoms with van der Waals surface area (Å²) in [4.78, 5) is 13.6. The van der Waals surface area contributed by atoms with E-state index in [1.165, 1.54) is 12.8 Å². The van der Waals surface area contributed by atoms with Crippen LogP contribution in [0.5, 0.6) is 0 Å². The van der Waals surface area contributed by atoms with E-state index in [1.807, 2.05) is 0 Å². The fourth-order valence-corrected chi connectivity index (χ4v) is 4.14. The predicted molar refractivity (Wildman–Crippen MR) is 67.5 cm³/mol. The first-order chi connectivity index (χ1) is 8.64. The molecule has 1 saturated carbocycles. The maximum Gasteiger partial charge on any atom is 0.305 e. The van der Waals surface area contributed by atoms with Crippen molar-refractivity contribution in [1.82, 2.24) is 4.90 Å². The molecular formula is C14H23NO3. The van der Waals surface area contributed by atoms with Crippen LogP contribution in [0.3, 0.4) is 0 Å². The van der Waals surface area contributed by atoms with E-state index >= 15 is 0 Å². The Hall–Kier alpha value is -0.610. The Labute approximate surface area is 108 Å². The Morgan fingerprint density at radius 1 is 1.11 bits per heavy atom. The van der Waals surface area contributed by atoms with Crippen LogP contribution in [-0.4, -0.2) is 47.8 Å². The second-order valence-corrected chi connectivity index (χ2v) is 6.47. The summed E-state index contributed by atoms with van der Waals surface area (Å²) in [5.74, 6) is -0.634. The summed E-state index contributed by atoms with van der Waals surface area (Å²) in [6.07, 6.45) is 7.19. The highest BCUT2D eigenvalue weighted by molar-refractivity contribution is 5.68. The van der Waals surface area contributed by atoms with Crippen LogP contribution in [-0.2, 0) is 9.53 Å². The maximum atomic E-state index is 11.1. The minimum Gasteiger partial charge on any atom is -0.481 e. The molecule has 0 unspecified atom stereocenters. The van der Waals surface area contributed by atoms with Crippen molar-refractivity contribution in [3.05, 3.63) is 0 Å². The number of aliphatic carboxylic acids is 1. The van der Waals surface area contributed by atoms with Gasteiger partial charge in [-0.2, -0.15) is 0 Å². The first kappa shape index (κ1) is 12.4. The van der Waals surface area contributed by atoms with Crippen molar-refractivity contribution < 1.29 is 14.6 Å². The highest BCUT2D eigenvalue weighted by Crippen LogP contribution is 2.48. The zero-order valence-corrected chi connectivity index (χ0v) is 11.0. The van der Waals surface area contributed by atoms with Crippen molar-refractivity contribution in [2.75, 3.05) is 26.3 Å². The van der Waals surface area contributed by atoms with Crippen molar-refractivity contribution in [3.63, 3.8) is 0 Å². The van der Waals surface area contributed by atoms with Gasteiger partial charge in [-0.05, 0) is 25.7 Å². The lowest BCUT2D eigenvalue weighted by molar-refractivity contribution is -0.151. The van der Waals surface area contributed by atoms with Gasteiger partial charge < -0.3 is 9.84 Å². The van der Waals surface area contributed by atoms with Crippen LogP contribution in [0.2, 0.25) is 0 Å². The van der Waals surface area contributed by atoms with E-state index in [0.29, 0.717) is 11.8 Å². The molecule has 0 aromatic carbocycles. The van der Waals surface area contributed by atoms with E-state index in [0.717, 1.165) is 52.0 Å². The molecule has 3 rings (SSSR count). The number of rotatable bonds is 3. The molecule has 102 valence electrons. The maximum absolute atomic E-state index is 11.1. The summed E-state index contributed by atoms with van der Waals surface area (Å²) in [5.41, 5.74) is 0.432. The molecule has 0 radical (unpaired) electrons. The van der Waals surface area contributed by atoms with E-state index in [4.69, 9.17) is 9.84 Å². The number of carbonyl (C=O) groups is 1. The Kier molecular flexibility index (Phi) is 3.10. The van der Waals surface area contributed by atoms with Gasteiger partial charge in [0.25, 0.3) is 0 Å². The van der Waals surface area contributed by atoms with Crippen LogP contribution >= 0.6 is 0 Å². The van der Waals surface area contributed by atoms with Gasteiger partial charge in [0, 0.05) is 37.3 Å². The molecule has 0 bridgehead atoms. The number of hydrogen-bond acceptors (Lipinski definition) is 3. The highest BCUT2D eigenvalue weighted by Gasteiger charge is 2.53. The molecule has 3 aliphatic rings. The normalized spacial score (nSPS) is 30.2. The van der Waals surface area contributed by atoms with Crippen LogP contribution < -0.4 is 0 Å². The summed E-state index contributed by atoms with van der Waals surface area (Å²) >= 11 is 0. The Morgan fingerprint density at radius 2 is 1.72 bits per heavy atom. The molecule has 2 aliphatic heterocycles. The van der Waals surface area contributed by atoms with E-state index in [9.17, 15) is 4.79 Å². The Morgan fingerprint density at radius 3 is 2.28 bits per heavy atom. The lowest BCUT2D eigenvalue weighted by Crippen LogP contribution is -2.66. The molecule has 1 aliphatic carbocycles. The van der Waals surface area contributed by atoms with Crippen molar-refractivity contribution in [2.24, 2.45) is 5.41 Å². The van der Waals surface area contributed by atoms with Crippen molar-refractivity contribution >= 4 is 5.97 Å². The van der Waals surface area contributed by atoms with Crippen molar-refractivity contribution in [2.45, 2.75) is 50.5 Å². The van der Waals surface area contributed by atoms with Crippen LogP contribution in [0.15, 0.2) is 0 Å². The number of likely N-dealkylation sites (tertiary alicyclic amines) is 1. The summed E-state index contributed by atoms with van der Waals surface area (Å²) in [7, 11) is 0. The van der Waals surface area contributed by atoms with Crippen molar-refractivity contribution in [1.29, 1.82) is 0 Å². The topological polar surface area (TPSA) is 49.8 Å². The van der Waals surface area contributed by atoms with Gasteiger partial charge in [0.2, 0.25) is 0 Å². The zero-order valence-electron chi connectivity index (χ0n) is 11.0. The van der Waals surface area contributed by atoms with Crippen LogP contribution in [0, 0.1) is 5.41 Å². The van der Waals surface area contributed by atoms with Gasteiger partial charge >= 0.3 is 5.97 Å². The number of hydrogen-bond donors (Lipinski definition) is 1. The molecule has 0 amide bonds. The average Bonchev–Trinajstić information content (AvgIpc) is 2.75. The third-order valence-corrected chi connectivity index (χ3v) is 5.29. The SMILES string of the molecule is O=C(O)CC1(N2CC3(CCOCC3)C2)CCCC1. The number of nitrogens with zero attached hydrogens (tertiary/aromatic N) is 1. The molecular weight excluding hydrogens is 230 g/mol. The van der Waals surface area contributed by atoms with Crippen LogP contribution in [0.25, 0.3) is 0 Å². The quantitative estimate of drug-likeness (QED) is 0.834. The Balaban J connectivity index is 1.65. The Bertz CT molecular complexity index is 322. The minimum absolute atomic E-state index is 0.0185. The molecule has 4 heteroatoms. The third-order valence-electron chi connectivity index (χ3n) is 5.29. The van der Waals surface area contributed by atoms with E-state index in [2.05, 4.69) is 4.90 Å². The summed E-state index contributed by atoms with van der Waals surface area (Å²) in [6, 6.07) is 0. The molecule has 0 aromatic rings. The van der Waals surface area contributed by atoms with Gasteiger partial charge in [-0.1, -0.05) is 12.8 Å². The van der Waals surface area contributed by atoms with Gasteiger partial charge in [-0.25, -0.2) is 0 Å². The van der Waals surface area contributed by atoms with Crippen LogP contribution in [0.4, 0.5) is 0 Å². The van der Waals surface area contributed by atoms with E-state index in [1.54, 1.807) is 0 Å². The lowest BCUT2D eigenvalue weighted by Gasteiger charge is -2.58. The fraction of sp³-hybridized carbons (Fsp3) is 0.929. The largest absolute Gasteiger partial charge is 0.481 e. The third kappa shape index (κ3) is 2.05. The van der Waals surface area contributed by atoms with Crippen molar-refractivity contribution in [3.8, 4) is 0 Å². The van der Waals surface area contributed by atoms with Gasteiger partial charge in [-0.15, -0.1) is 0 Å². The molecule has 0 aromatic heterocycles. The zero-order chi connectivity index (χ0) is 12.6. The van der Waals surface area contributed by atoms with Gasteiger partial charge in [0.1, 0.15) is 0 Å². The molecule has 2 heterocycles. The lowest BCUT2D eigenvalue weighted by atomic mass is 9.70.